The van der Waals surface area contributed by atoms with E-state index in [2.05, 4.69) is 52.9 Å². The molecule has 0 bridgehead atoms. The summed E-state index contributed by atoms with van der Waals surface area (Å²) in [6.45, 7) is 4.37. The average Bonchev–Trinajstić information content (AvgIpc) is 3.04. The Bertz CT molecular complexity index is 572. The van der Waals surface area contributed by atoms with Crippen LogP contribution in [-0.4, -0.2) is 26.2 Å². The van der Waals surface area contributed by atoms with Gasteiger partial charge in [0.2, 0.25) is 0 Å². The van der Waals surface area contributed by atoms with Gasteiger partial charge in [0.25, 0.3) is 0 Å². The third-order valence-electron chi connectivity index (χ3n) is 4.56. The van der Waals surface area contributed by atoms with E-state index in [4.69, 9.17) is 0 Å². The molecule has 1 unspecified atom stereocenters. The Hall–Kier alpha value is -1.91. The molecule has 1 saturated carbocycles. The second-order valence-electron chi connectivity index (χ2n) is 6.09. The minimum absolute atomic E-state index is 0.509. The number of anilines is 1. The maximum atomic E-state index is 3.99. The molecule has 0 amide bonds. The van der Waals surface area contributed by atoms with Crippen LogP contribution in [0.15, 0.2) is 24.5 Å². The van der Waals surface area contributed by atoms with Gasteiger partial charge < -0.3 is 5.32 Å². The van der Waals surface area contributed by atoms with Gasteiger partial charge in [-0.3, -0.25) is 0 Å². The van der Waals surface area contributed by atoms with E-state index in [1.165, 1.54) is 32.1 Å². The SMILES string of the molecule is Cc1ccc(NC(C)C2CCCCC2)cc1-n1cnnn1. The van der Waals surface area contributed by atoms with Gasteiger partial charge in [0.1, 0.15) is 6.33 Å². The Balaban J connectivity index is 1.75. The number of rotatable bonds is 4. The summed E-state index contributed by atoms with van der Waals surface area (Å²) in [7, 11) is 0. The predicted octanol–water partition coefficient (Wildman–Crippen LogP) is 3.35. The van der Waals surface area contributed by atoms with Gasteiger partial charge in [0, 0.05) is 11.7 Å². The van der Waals surface area contributed by atoms with Crippen LogP contribution in [0.4, 0.5) is 5.69 Å². The van der Waals surface area contributed by atoms with Crippen LogP contribution in [0.25, 0.3) is 5.69 Å². The maximum Gasteiger partial charge on any atom is 0.143 e. The lowest BCUT2D eigenvalue weighted by molar-refractivity contribution is 0.328. The van der Waals surface area contributed by atoms with Gasteiger partial charge in [-0.15, -0.1) is 5.10 Å². The van der Waals surface area contributed by atoms with E-state index in [0.717, 1.165) is 22.9 Å². The van der Waals surface area contributed by atoms with Gasteiger partial charge >= 0.3 is 0 Å². The first-order valence-corrected chi connectivity index (χ1v) is 7.84. The van der Waals surface area contributed by atoms with Crippen molar-refractivity contribution < 1.29 is 0 Å². The van der Waals surface area contributed by atoms with Crippen molar-refractivity contribution in [1.82, 2.24) is 20.2 Å². The first kappa shape index (κ1) is 14.0. The molecule has 1 aliphatic carbocycles. The summed E-state index contributed by atoms with van der Waals surface area (Å²) in [4.78, 5) is 0. The first-order chi connectivity index (χ1) is 10.2. The van der Waals surface area contributed by atoms with Crippen LogP contribution < -0.4 is 5.32 Å². The molecule has 1 aliphatic rings. The van der Waals surface area contributed by atoms with Crippen molar-refractivity contribution >= 4 is 5.69 Å². The zero-order chi connectivity index (χ0) is 14.7. The molecular formula is C16H23N5. The van der Waals surface area contributed by atoms with Gasteiger partial charge in [-0.2, -0.15) is 0 Å². The van der Waals surface area contributed by atoms with Crippen LogP contribution in [0.2, 0.25) is 0 Å². The number of nitrogens with one attached hydrogen (secondary N) is 1. The van der Waals surface area contributed by atoms with Crippen LogP contribution in [-0.2, 0) is 0 Å². The zero-order valence-corrected chi connectivity index (χ0v) is 12.8. The molecule has 1 fully saturated rings. The summed E-state index contributed by atoms with van der Waals surface area (Å²) >= 11 is 0. The van der Waals surface area contributed by atoms with E-state index in [9.17, 15) is 0 Å². The molecule has 112 valence electrons. The van der Waals surface area contributed by atoms with Crippen LogP contribution >= 0.6 is 0 Å². The summed E-state index contributed by atoms with van der Waals surface area (Å²) in [5.74, 6) is 0.788. The standard InChI is InChI=1S/C16H23N5/c1-12-8-9-15(10-16(12)21-11-17-19-20-21)18-13(2)14-6-4-3-5-7-14/h8-11,13-14,18H,3-7H2,1-2H3. The van der Waals surface area contributed by atoms with E-state index < -0.39 is 0 Å². The summed E-state index contributed by atoms with van der Waals surface area (Å²) in [5.41, 5.74) is 3.34. The number of nitrogens with zero attached hydrogens (tertiary/aromatic N) is 4. The fourth-order valence-corrected chi connectivity index (χ4v) is 3.23. The lowest BCUT2D eigenvalue weighted by atomic mass is 9.84. The number of hydrogen-bond acceptors (Lipinski definition) is 4. The largest absolute Gasteiger partial charge is 0.382 e. The summed E-state index contributed by atoms with van der Waals surface area (Å²) in [6, 6.07) is 6.90. The van der Waals surface area contributed by atoms with Crippen LogP contribution in [0.1, 0.15) is 44.6 Å². The Morgan fingerprint density at radius 1 is 1.24 bits per heavy atom. The van der Waals surface area contributed by atoms with E-state index in [1.807, 2.05) is 0 Å². The molecule has 5 nitrogen and oxygen atoms in total. The fourth-order valence-electron chi connectivity index (χ4n) is 3.23. The predicted molar refractivity (Wildman–Crippen MR) is 83.6 cm³/mol. The van der Waals surface area contributed by atoms with Crippen molar-refractivity contribution in [1.29, 1.82) is 0 Å². The lowest BCUT2D eigenvalue weighted by Crippen LogP contribution is -2.27. The molecule has 5 heteroatoms. The number of hydrogen-bond donors (Lipinski definition) is 1. The molecule has 1 aromatic carbocycles. The monoisotopic (exact) mass is 285 g/mol. The van der Waals surface area contributed by atoms with Crippen molar-refractivity contribution in [2.45, 2.75) is 52.0 Å². The van der Waals surface area contributed by atoms with E-state index in [0.29, 0.717) is 6.04 Å². The minimum atomic E-state index is 0.509. The second kappa shape index (κ2) is 6.24. The van der Waals surface area contributed by atoms with Crippen molar-refractivity contribution in [3.05, 3.63) is 30.1 Å². The normalized spacial score (nSPS) is 17.6. The molecule has 1 N–H and O–H groups in total. The van der Waals surface area contributed by atoms with Crippen LogP contribution in [0.5, 0.6) is 0 Å². The lowest BCUT2D eigenvalue weighted by Gasteiger charge is -2.29. The molecule has 21 heavy (non-hydrogen) atoms. The molecule has 1 atom stereocenters. The summed E-state index contributed by atoms with van der Waals surface area (Å²) in [6.07, 6.45) is 8.48. The first-order valence-electron chi connectivity index (χ1n) is 7.84. The quantitative estimate of drug-likeness (QED) is 0.936. The van der Waals surface area contributed by atoms with Gasteiger partial charge in [0.15, 0.2) is 0 Å². The van der Waals surface area contributed by atoms with Gasteiger partial charge in [-0.1, -0.05) is 25.3 Å². The number of tetrazole rings is 1. The summed E-state index contributed by atoms with van der Waals surface area (Å²) in [5, 5.41) is 15.1. The highest BCUT2D eigenvalue weighted by atomic mass is 15.5. The molecule has 0 saturated heterocycles. The van der Waals surface area contributed by atoms with Crippen molar-refractivity contribution in [2.75, 3.05) is 5.32 Å². The zero-order valence-electron chi connectivity index (χ0n) is 12.8. The summed E-state index contributed by atoms with van der Waals surface area (Å²) < 4.78 is 1.71. The van der Waals surface area contributed by atoms with Crippen molar-refractivity contribution in [3.8, 4) is 5.69 Å². The minimum Gasteiger partial charge on any atom is -0.382 e. The highest BCUT2D eigenvalue weighted by molar-refractivity contribution is 5.54. The molecule has 0 spiro atoms. The average molecular weight is 285 g/mol. The Labute approximate surface area is 125 Å². The van der Waals surface area contributed by atoms with Crippen LogP contribution in [0, 0.1) is 12.8 Å². The van der Waals surface area contributed by atoms with Gasteiger partial charge in [-0.05, 0) is 60.7 Å². The molecule has 1 aromatic heterocycles. The molecule has 1 heterocycles. The molecule has 2 aromatic rings. The number of aryl methyl sites for hydroxylation is 1. The smallest absolute Gasteiger partial charge is 0.143 e. The topological polar surface area (TPSA) is 55.6 Å². The molecule has 3 rings (SSSR count). The molecule has 0 aliphatic heterocycles. The molecular weight excluding hydrogens is 262 g/mol. The highest BCUT2D eigenvalue weighted by Gasteiger charge is 2.20. The fraction of sp³-hybridized carbons (Fsp3) is 0.562. The second-order valence-corrected chi connectivity index (χ2v) is 6.09. The number of benzene rings is 1. The third kappa shape index (κ3) is 3.23. The van der Waals surface area contributed by atoms with Crippen molar-refractivity contribution in [3.63, 3.8) is 0 Å². The van der Waals surface area contributed by atoms with Gasteiger partial charge in [0.05, 0.1) is 5.69 Å². The molecule has 0 radical (unpaired) electrons. The Kier molecular flexibility index (Phi) is 4.18. The van der Waals surface area contributed by atoms with E-state index >= 15 is 0 Å². The number of aromatic nitrogens is 4. The highest BCUT2D eigenvalue weighted by Crippen LogP contribution is 2.28. The third-order valence-corrected chi connectivity index (χ3v) is 4.56. The van der Waals surface area contributed by atoms with Crippen LogP contribution in [0.3, 0.4) is 0 Å². The maximum absolute atomic E-state index is 3.99. The van der Waals surface area contributed by atoms with E-state index in [-0.39, 0.29) is 0 Å². The Morgan fingerprint density at radius 3 is 2.76 bits per heavy atom. The van der Waals surface area contributed by atoms with Gasteiger partial charge in [-0.25, -0.2) is 4.68 Å². The Morgan fingerprint density at radius 2 is 2.05 bits per heavy atom. The van der Waals surface area contributed by atoms with E-state index in [1.54, 1.807) is 11.0 Å². The van der Waals surface area contributed by atoms with Crippen molar-refractivity contribution in [2.24, 2.45) is 5.92 Å².